The van der Waals surface area contributed by atoms with Crippen LogP contribution in [0.4, 0.5) is 0 Å². The molecule has 1 fully saturated rings. The number of rotatable bonds is 1. The third kappa shape index (κ3) is 1.68. The number of nitrogens with one attached hydrogen (secondary N) is 1. The zero-order valence-corrected chi connectivity index (χ0v) is 6.65. The minimum Gasteiger partial charge on any atom is -0.314 e. The third-order valence-electron chi connectivity index (χ3n) is 2.33. The van der Waals surface area contributed by atoms with Crippen molar-refractivity contribution in [2.45, 2.75) is 33.2 Å². The molecule has 1 aliphatic heterocycles. The van der Waals surface area contributed by atoms with Gasteiger partial charge in [-0.05, 0) is 31.7 Å². The summed E-state index contributed by atoms with van der Waals surface area (Å²) in [5.41, 5.74) is 0. The van der Waals surface area contributed by atoms with Crippen LogP contribution in [0, 0.1) is 11.8 Å². The van der Waals surface area contributed by atoms with Gasteiger partial charge in [-0.2, -0.15) is 0 Å². The Morgan fingerprint density at radius 2 is 2.11 bits per heavy atom. The summed E-state index contributed by atoms with van der Waals surface area (Å²) >= 11 is 0. The van der Waals surface area contributed by atoms with Crippen LogP contribution in [-0.2, 0) is 0 Å². The van der Waals surface area contributed by atoms with E-state index in [9.17, 15) is 0 Å². The topological polar surface area (TPSA) is 12.0 Å². The molecule has 1 rings (SSSR count). The second-order valence-corrected chi connectivity index (χ2v) is 3.55. The first-order valence-corrected chi connectivity index (χ1v) is 3.93. The van der Waals surface area contributed by atoms with E-state index in [4.69, 9.17) is 0 Å². The summed E-state index contributed by atoms with van der Waals surface area (Å²) in [5, 5.41) is 3.45. The summed E-state index contributed by atoms with van der Waals surface area (Å²) in [6, 6.07) is 0.761. The van der Waals surface area contributed by atoms with Gasteiger partial charge in [0.15, 0.2) is 0 Å². The van der Waals surface area contributed by atoms with Crippen LogP contribution < -0.4 is 5.32 Å². The van der Waals surface area contributed by atoms with Gasteiger partial charge >= 0.3 is 0 Å². The average molecular weight is 127 g/mol. The summed E-state index contributed by atoms with van der Waals surface area (Å²) in [7, 11) is 0. The molecule has 1 aliphatic rings. The number of hydrogen-bond acceptors (Lipinski definition) is 1. The molecular formula is C8H17N. The Hall–Kier alpha value is -0.0400. The molecule has 1 N–H and O–H groups in total. The first-order chi connectivity index (χ1) is 4.20. The molecule has 54 valence electrons. The molecule has 1 heteroatoms. The highest BCUT2D eigenvalue weighted by molar-refractivity contribution is 4.79. The Labute approximate surface area is 57.8 Å². The lowest BCUT2D eigenvalue weighted by Gasteiger charge is -2.11. The summed E-state index contributed by atoms with van der Waals surface area (Å²) in [6.45, 7) is 8.12. The fourth-order valence-corrected chi connectivity index (χ4v) is 1.48. The summed E-state index contributed by atoms with van der Waals surface area (Å²) in [4.78, 5) is 0. The normalized spacial score (nSPS) is 36.0. The Morgan fingerprint density at radius 1 is 1.44 bits per heavy atom. The maximum absolute atomic E-state index is 3.45. The van der Waals surface area contributed by atoms with Crippen molar-refractivity contribution in [3.8, 4) is 0 Å². The van der Waals surface area contributed by atoms with Crippen LogP contribution in [0.2, 0.25) is 0 Å². The molecule has 0 aromatic heterocycles. The van der Waals surface area contributed by atoms with Gasteiger partial charge in [-0.1, -0.05) is 13.8 Å². The van der Waals surface area contributed by atoms with Crippen molar-refractivity contribution in [1.82, 2.24) is 5.32 Å². The van der Waals surface area contributed by atoms with E-state index in [-0.39, 0.29) is 0 Å². The predicted octanol–water partition coefficient (Wildman–Crippen LogP) is 1.64. The van der Waals surface area contributed by atoms with E-state index in [0.29, 0.717) is 0 Å². The van der Waals surface area contributed by atoms with Crippen LogP contribution in [0.3, 0.4) is 0 Å². The van der Waals surface area contributed by atoms with Gasteiger partial charge < -0.3 is 5.32 Å². The minimum absolute atomic E-state index is 0.761. The first-order valence-electron chi connectivity index (χ1n) is 3.93. The van der Waals surface area contributed by atoms with Crippen LogP contribution in [0.5, 0.6) is 0 Å². The Kier molecular flexibility index (Phi) is 2.12. The Balaban J connectivity index is 2.30. The monoisotopic (exact) mass is 127 g/mol. The molecule has 0 aliphatic carbocycles. The van der Waals surface area contributed by atoms with Gasteiger partial charge in [0.2, 0.25) is 0 Å². The van der Waals surface area contributed by atoms with E-state index < -0.39 is 0 Å². The second kappa shape index (κ2) is 2.70. The minimum atomic E-state index is 0.761. The molecule has 1 heterocycles. The first kappa shape index (κ1) is 7.07. The van der Waals surface area contributed by atoms with Crippen molar-refractivity contribution >= 4 is 0 Å². The van der Waals surface area contributed by atoms with Gasteiger partial charge in [0.25, 0.3) is 0 Å². The molecule has 0 bridgehead atoms. The highest BCUT2D eigenvalue weighted by Crippen LogP contribution is 2.20. The van der Waals surface area contributed by atoms with Gasteiger partial charge in [0, 0.05) is 6.04 Å². The summed E-state index contributed by atoms with van der Waals surface area (Å²) in [5.74, 6) is 1.79. The maximum atomic E-state index is 3.45. The molecule has 1 saturated heterocycles. The molecular weight excluding hydrogens is 110 g/mol. The quantitative estimate of drug-likeness (QED) is 0.564. The van der Waals surface area contributed by atoms with Crippen molar-refractivity contribution in [1.29, 1.82) is 0 Å². The zero-order chi connectivity index (χ0) is 6.85. The Morgan fingerprint density at radius 3 is 2.33 bits per heavy atom. The van der Waals surface area contributed by atoms with Gasteiger partial charge in [-0.15, -0.1) is 0 Å². The molecule has 0 amide bonds. The van der Waals surface area contributed by atoms with Crippen LogP contribution in [0.1, 0.15) is 27.2 Å². The standard InChI is InChI=1S/C8H17N/c1-6(2)8-4-7(3)9-5-8/h6-9H,4-5H2,1-3H3/t7-,8-/m0/s1. The smallest absolute Gasteiger partial charge is 0.00420 e. The number of hydrogen-bond donors (Lipinski definition) is 1. The Bertz CT molecular complexity index is 88.6. The molecule has 2 atom stereocenters. The molecule has 0 spiro atoms. The zero-order valence-electron chi connectivity index (χ0n) is 6.65. The maximum Gasteiger partial charge on any atom is 0.00420 e. The molecule has 0 saturated carbocycles. The largest absolute Gasteiger partial charge is 0.314 e. The van der Waals surface area contributed by atoms with Crippen LogP contribution in [0.25, 0.3) is 0 Å². The predicted molar refractivity (Wildman–Crippen MR) is 40.4 cm³/mol. The van der Waals surface area contributed by atoms with Crippen molar-refractivity contribution in [2.24, 2.45) is 11.8 Å². The van der Waals surface area contributed by atoms with Crippen LogP contribution >= 0.6 is 0 Å². The van der Waals surface area contributed by atoms with E-state index in [1.54, 1.807) is 0 Å². The van der Waals surface area contributed by atoms with Crippen molar-refractivity contribution in [3.05, 3.63) is 0 Å². The van der Waals surface area contributed by atoms with E-state index in [2.05, 4.69) is 26.1 Å². The van der Waals surface area contributed by atoms with E-state index in [1.807, 2.05) is 0 Å². The summed E-state index contributed by atoms with van der Waals surface area (Å²) in [6.07, 6.45) is 1.37. The SMILES string of the molecule is CC(C)[C@@H]1CN[C@@H](C)C1. The lowest BCUT2D eigenvalue weighted by molar-refractivity contribution is 0.413. The van der Waals surface area contributed by atoms with Gasteiger partial charge in [-0.3, -0.25) is 0 Å². The van der Waals surface area contributed by atoms with E-state index in [0.717, 1.165) is 17.9 Å². The third-order valence-corrected chi connectivity index (χ3v) is 2.33. The van der Waals surface area contributed by atoms with Crippen LogP contribution in [0.15, 0.2) is 0 Å². The van der Waals surface area contributed by atoms with Crippen LogP contribution in [-0.4, -0.2) is 12.6 Å². The molecule has 9 heavy (non-hydrogen) atoms. The van der Waals surface area contributed by atoms with Gasteiger partial charge in [0.05, 0.1) is 0 Å². The van der Waals surface area contributed by atoms with E-state index >= 15 is 0 Å². The molecule has 0 aromatic carbocycles. The van der Waals surface area contributed by atoms with Gasteiger partial charge in [0.1, 0.15) is 0 Å². The lowest BCUT2D eigenvalue weighted by Crippen LogP contribution is -2.17. The second-order valence-electron chi connectivity index (χ2n) is 3.55. The fourth-order valence-electron chi connectivity index (χ4n) is 1.48. The summed E-state index contributed by atoms with van der Waals surface area (Å²) < 4.78 is 0. The average Bonchev–Trinajstić information content (AvgIpc) is 2.14. The highest BCUT2D eigenvalue weighted by Gasteiger charge is 2.22. The van der Waals surface area contributed by atoms with Gasteiger partial charge in [-0.25, -0.2) is 0 Å². The van der Waals surface area contributed by atoms with Crippen molar-refractivity contribution in [2.75, 3.05) is 6.54 Å². The molecule has 0 radical (unpaired) electrons. The molecule has 1 nitrogen and oxygen atoms in total. The molecule has 0 unspecified atom stereocenters. The van der Waals surface area contributed by atoms with E-state index in [1.165, 1.54) is 13.0 Å². The van der Waals surface area contributed by atoms with Crippen molar-refractivity contribution < 1.29 is 0 Å². The fraction of sp³-hybridized carbons (Fsp3) is 1.00. The highest BCUT2D eigenvalue weighted by atomic mass is 14.9. The molecule has 0 aromatic rings. The van der Waals surface area contributed by atoms with Crippen molar-refractivity contribution in [3.63, 3.8) is 0 Å². The lowest BCUT2D eigenvalue weighted by atomic mass is 9.94.